The zero-order chi connectivity index (χ0) is 34.3. The smallest absolute Gasteiger partial charge is 0.264 e. The molecule has 1 saturated carbocycles. The first-order valence-electron chi connectivity index (χ1n) is 16.4. The summed E-state index contributed by atoms with van der Waals surface area (Å²) in [5.41, 5.74) is 4.98. The van der Waals surface area contributed by atoms with Crippen molar-refractivity contribution in [2.24, 2.45) is 0 Å². The molecule has 3 aromatic heterocycles. The Morgan fingerprint density at radius 1 is 1.02 bits per heavy atom. The number of ether oxygens (including phenoxy) is 2. The van der Waals surface area contributed by atoms with Gasteiger partial charge in [0.25, 0.3) is 15.9 Å². The van der Waals surface area contributed by atoms with Crippen LogP contribution in [0.4, 0.5) is 5.95 Å². The summed E-state index contributed by atoms with van der Waals surface area (Å²) in [5, 5.41) is 0. The highest BCUT2D eigenvalue weighted by Gasteiger charge is 2.31. The monoisotopic (exact) mass is 682 g/mol. The predicted molar refractivity (Wildman–Crippen MR) is 183 cm³/mol. The largest absolute Gasteiger partial charge is 0.475 e. The average Bonchev–Trinajstić information content (AvgIpc) is 3.48. The van der Waals surface area contributed by atoms with Crippen LogP contribution in [0.25, 0.3) is 22.5 Å². The van der Waals surface area contributed by atoms with Crippen LogP contribution >= 0.6 is 0 Å². The molecule has 1 aliphatic carbocycles. The number of amides is 1. The van der Waals surface area contributed by atoms with Crippen molar-refractivity contribution in [2.75, 3.05) is 17.9 Å². The summed E-state index contributed by atoms with van der Waals surface area (Å²) in [4.78, 5) is 34.3. The number of sulfonamides is 1. The normalized spacial score (nSPS) is 17.9. The van der Waals surface area contributed by atoms with Crippen molar-refractivity contribution < 1.29 is 27.1 Å². The van der Waals surface area contributed by atoms with Crippen LogP contribution < -0.4 is 9.46 Å². The van der Waals surface area contributed by atoms with Gasteiger partial charge in [-0.05, 0) is 62.4 Å². The summed E-state index contributed by atoms with van der Waals surface area (Å²) in [6, 6.07) is 14.8. The molecular weight excluding hydrogens is 644 g/mol. The Kier molecular flexibility index (Phi) is 8.80. The van der Waals surface area contributed by atoms with E-state index in [1.165, 1.54) is 12.1 Å². The van der Waals surface area contributed by atoms with E-state index in [-0.39, 0.29) is 54.1 Å². The Morgan fingerprint density at radius 2 is 1.80 bits per heavy atom. The van der Waals surface area contributed by atoms with Gasteiger partial charge in [0.15, 0.2) is 0 Å². The van der Waals surface area contributed by atoms with E-state index in [1.54, 1.807) is 29.3 Å². The van der Waals surface area contributed by atoms with Gasteiger partial charge in [0.05, 0.1) is 47.8 Å². The summed E-state index contributed by atoms with van der Waals surface area (Å²) in [6.07, 6.45) is 4.67. The lowest BCUT2D eigenvalue weighted by Crippen LogP contribution is -2.47. The molecule has 4 bridgehead atoms. The quantitative estimate of drug-likeness (QED) is 0.210. The average molecular weight is 683 g/mol. The molecular formula is C36H38N6O6S. The molecule has 49 heavy (non-hydrogen) atoms. The summed E-state index contributed by atoms with van der Waals surface area (Å²) < 4.78 is 48.4. The maximum Gasteiger partial charge on any atom is 0.264 e. The van der Waals surface area contributed by atoms with Gasteiger partial charge in [-0.1, -0.05) is 38.1 Å². The Bertz CT molecular complexity index is 2130. The molecule has 1 amide bonds. The lowest BCUT2D eigenvalue weighted by molar-refractivity contribution is -0.0349. The molecule has 12 nitrogen and oxygen atoms in total. The second-order valence-corrected chi connectivity index (χ2v) is 14.6. The molecule has 4 heterocycles. The fourth-order valence-corrected chi connectivity index (χ4v) is 7.00. The first-order chi connectivity index (χ1) is 23.5. The van der Waals surface area contributed by atoms with Crippen LogP contribution in [0.1, 0.15) is 72.0 Å². The molecule has 7 rings (SSSR count). The van der Waals surface area contributed by atoms with Crippen LogP contribution in [-0.2, 0) is 21.3 Å². The number of rotatable bonds is 7. The van der Waals surface area contributed by atoms with Crippen LogP contribution in [0, 0.1) is 13.8 Å². The summed E-state index contributed by atoms with van der Waals surface area (Å²) in [5.74, 6) is 0.517. The Morgan fingerprint density at radius 3 is 2.53 bits per heavy atom. The van der Waals surface area contributed by atoms with Gasteiger partial charge in [-0.2, -0.15) is 4.98 Å². The van der Waals surface area contributed by atoms with E-state index in [0.717, 1.165) is 41.7 Å². The van der Waals surface area contributed by atoms with Gasteiger partial charge in [-0.3, -0.25) is 4.79 Å². The molecule has 1 atom stereocenters. The topological polar surface area (TPSA) is 150 Å². The van der Waals surface area contributed by atoms with Crippen molar-refractivity contribution in [1.29, 1.82) is 0 Å². The maximum absolute atomic E-state index is 14.4. The van der Waals surface area contributed by atoms with Gasteiger partial charge in [-0.25, -0.2) is 28.1 Å². The molecule has 13 heteroatoms. The van der Waals surface area contributed by atoms with Gasteiger partial charge in [0, 0.05) is 29.2 Å². The van der Waals surface area contributed by atoms with Crippen LogP contribution in [0.3, 0.4) is 0 Å². The molecule has 5 aromatic rings. The van der Waals surface area contributed by atoms with Gasteiger partial charge in [0.2, 0.25) is 17.5 Å². The van der Waals surface area contributed by atoms with E-state index in [1.807, 2.05) is 52.0 Å². The third kappa shape index (κ3) is 6.86. The predicted octanol–water partition coefficient (Wildman–Crippen LogP) is 6.19. The number of hydrogen-bond donors (Lipinski definition) is 1. The first kappa shape index (κ1) is 32.7. The summed E-state index contributed by atoms with van der Waals surface area (Å²) in [6.45, 7) is 8.24. The lowest BCUT2D eigenvalue weighted by Gasteiger charge is -2.34. The highest BCUT2D eigenvalue weighted by molar-refractivity contribution is 7.92. The van der Waals surface area contributed by atoms with Crippen molar-refractivity contribution in [2.45, 2.75) is 76.5 Å². The third-order valence-electron chi connectivity index (χ3n) is 8.97. The number of fused-ring (bicyclic) bond motifs is 5. The number of aromatic nitrogens is 4. The molecule has 2 aliphatic rings. The fraction of sp³-hybridized carbons (Fsp3) is 0.361. The number of nitrogens with zero attached hydrogens (tertiary/aromatic N) is 5. The zero-order valence-corrected chi connectivity index (χ0v) is 28.7. The minimum absolute atomic E-state index is 0.00638. The van der Waals surface area contributed by atoms with Crippen molar-refractivity contribution in [1.82, 2.24) is 24.8 Å². The highest BCUT2D eigenvalue weighted by Crippen LogP contribution is 2.31. The zero-order valence-electron chi connectivity index (χ0n) is 27.8. The van der Waals surface area contributed by atoms with E-state index in [4.69, 9.17) is 18.9 Å². The van der Waals surface area contributed by atoms with Crippen molar-refractivity contribution >= 4 is 33.1 Å². The minimum atomic E-state index is -4.20. The third-order valence-corrected chi connectivity index (χ3v) is 10.3. The number of aryl methyl sites for hydroxylation is 2. The Labute approximate surface area is 285 Å². The summed E-state index contributed by atoms with van der Waals surface area (Å²) >= 11 is 0. The number of hydrogen-bond acceptors (Lipinski definition) is 10. The lowest BCUT2D eigenvalue weighted by atomic mass is 9.96. The molecule has 1 aliphatic heterocycles. The van der Waals surface area contributed by atoms with Crippen molar-refractivity contribution in [3.8, 4) is 17.1 Å². The molecule has 0 saturated heterocycles. The van der Waals surface area contributed by atoms with Gasteiger partial charge >= 0.3 is 0 Å². The molecule has 0 radical (unpaired) electrons. The van der Waals surface area contributed by atoms with Crippen LogP contribution in [0.2, 0.25) is 0 Å². The van der Waals surface area contributed by atoms with Crippen LogP contribution in [0.5, 0.6) is 5.88 Å². The van der Waals surface area contributed by atoms with E-state index < -0.39 is 22.0 Å². The second-order valence-electron chi connectivity index (χ2n) is 13.0. The molecule has 2 aromatic carbocycles. The highest BCUT2D eigenvalue weighted by atomic mass is 32.2. The number of anilines is 1. The number of nitrogens with one attached hydrogen (secondary N) is 1. The van der Waals surface area contributed by atoms with E-state index >= 15 is 0 Å². The molecule has 254 valence electrons. The minimum Gasteiger partial charge on any atom is -0.475 e. The van der Waals surface area contributed by atoms with E-state index in [0.29, 0.717) is 22.6 Å². The molecule has 1 fully saturated rings. The van der Waals surface area contributed by atoms with Gasteiger partial charge < -0.3 is 18.8 Å². The van der Waals surface area contributed by atoms with Crippen molar-refractivity contribution in [3.05, 3.63) is 88.9 Å². The first-order valence-corrected chi connectivity index (χ1v) is 17.9. The Balaban J connectivity index is 1.33. The van der Waals surface area contributed by atoms with E-state index in [9.17, 15) is 13.2 Å². The van der Waals surface area contributed by atoms with Crippen LogP contribution in [-0.4, -0.2) is 64.5 Å². The van der Waals surface area contributed by atoms with E-state index in [2.05, 4.69) is 19.7 Å². The number of carbonyl (C=O) groups excluding carboxylic acids is 1. The summed E-state index contributed by atoms with van der Waals surface area (Å²) in [7, 11) is -4.20. The number of benzene rings is 2. The second kappa shape index (κ2) is 13.2. The van der Waals surface area contributed by atoms with Crippen molar-refractivity contribution in [3.63, 3.8) is 0 Å². The SMILES string of the molecule is Cc1cccc(C)c1-c1cc2nc(n1)NS(=O)(=O)c1cccc(c1)C(=O)N(Cc1cnc3oc(C(C)C)cc3n1)C(COC1CCC1)CO2. The van der Waals surface area contributed by atoms with Gasteiger partial charge in [-0.15, -0.1) is 0 Å². The van der Waals surface area contributed by atoms with Crippen LogP contribution in [0.15, 0.2) is 70.1 Å². The molecule has 1 unspecified atom stereocenters. The number of carbonyl (C=O) groups is 1. The fourth-order valence-electron chi connectivity index (χ4n) is 6.01. The molecule has 1 N–H and O–H groups in total. The number of furan rings is 1. The van der Waals surface area contributed by atoms with Gasteiger partial charge in [0.1, 0.15) is 17.9 Å². The Hall–Kier alpha value is -4.88. The standard InChI is InChI=1S/C36H38N6O6S/c1-21(2)31-15-30-34(48-31)37-17-25(38-30)18-42-26(19-46-27-11-7-12-27)20-47-32-16-29(33-22(3)8-5-9-23(33)4)39-36(40-32)41-49(44,45)28-13-6-10-24(14-28)35(42)43/h5-6,8-10,13-17,21,26-27H,7,11-12,18-20H2,1-4H3,(H,39,40,41). The molecule has 0 spiro atoms. The maximum atomic E-state index is 14.4.